The molecule has 1 amide bonds. The second-order valence-electron chi connectivity index (χ2n) is 4.89. The maximum Gasteiger partial charge on any atom is 0.290 e. The fraction of sp³-hybridized carbons (Fsp3) is 0.0588. The minimum atomic E-state index is -0.795. The summed E-state index contributed by atoms with van der Waals surface area (Å²) in [4.78, 5) is 12.0. The minimum Gasteiger partial charge on any atom is -0.316 e. The lowest BCUT2D eigenvalue weighted by Crippen LogP contribution is -2.39. The zero-order chi connectivity index (χ0) is 15.5. The second kappa shape index (κ2) is 5.89. The standard InChI is InChI=1S/C17H12F2N2O/c18-14-6-3-7-15(19)17(14)20-16(22)11-21-9-8-12-4-1-2-5-13(12)10-21/h1-10H,11H2/p+1. The van der Waals surface area contributed by atoms with Crippen molar-refractivity contribution in [2.24, 2.45) is 0 Å². The van der Waals surface area contributed by atoms with Crippen LogP contribution in [0.2, 0.25) is 0 Å². The Balaban J connectivity index is 1.78. The molecule has 3 rings (SSSR count). The predicted octanol–water partition coefficient (Wildman–Crippen LogP) is 3.04. The highest BCUT2D eigenvalue weighted by atomic mass is 19.1. The summed E-state index contributed by atoms with van der Waals surface area (Å²) in [7, 11) is 0. The summed E-state index contributed by atoms with van der Waals surface area (Å²) in [6.07, 6.45) is 3.56. The number of rotatable bonds is 3. The molecule has 2 aromatic carbocycles. The molecule has 3 aromatic rings. The Morgan fingerprint density at radius 3 is 2.36 bits per heavy atom. The van der Waals surface area contributed by atoms with Crippen LogP contribution in [0.3, 0.4) is 0 Å². The molecule has 0 saturated heterocycles. The van der Waals surface area contributed by atoms with Crippen LogP contribution in [-0.2, 0) is 11.3 Å². The van der Waals surface area contributed by atoms with E-state index in [1.807, 2.05) is 36.5 Å². The Morgan fingerprint density at radius 2 is 1.64 bits per heavy atom. The zero-order valence-corrected chi connectivity index (χ0v) is 11.6. The summed E-state index contributed by atoms with van der Waals surface area (Å²) in [6.45, 7) is -0.0292. The van der Waals surface area contributed by atoms with Gasteiger partial charge in [-0.2, -0.15) is 4.57 Å². The molecular formula is C17H13F2N2O+. The number of hydrogen-bond acceptors (Lipinski definition) is 1. The van der Waals surface area contributed by atoms with Crippen molar-refractivity contribution in [1.29, 1.82) is 0 Å². The number of carbonyl (C=O) groups is 1. The summed E-state index contributed by atoms with van der Waals surface area (Å²) in [5.41, 5.74) is -0.422. The molecule has 0 aliphatic carbocycles. The van der Waals surface area contributed by atoms with Gasteiger partial charge in [-0.3, -0.25) is 4.79 Å². The van der Waals surface area contributed by atoms with Crippen LogP contribution in [-0.4, -0.2) is 5.91 Å². The molecule has 1 N–H and O–H groups in total. The number of aromatic nitrogens is 1. The first-order valence-corrected chi connectivity index (χ1v) is 6.75. The molecule has 0 aliphatic rings. The number of fused-ring (bicyclic) bond motifs is 1. The average Bonchev–Trinajstić information content (AvgIpc) is 2.51. The fourth-order valence-electron chi connectivity index (χ4n) is 2.24. The van der Waals surface area contributed by atoms with Gasteiger partial charge in [-0.1, -0.05) is 24.3 Å². The van der Waals surface area contributed by atoms with Crippen LogP contribution in [0.5, 0.6) is 0 Å². The van der Waals surface area contributed by atoms with Gasteiger partial charge in [0, 0.05) is 11.5 Å². The molecule has 0 aliphatic heterocycles. The van der Waals surface area contributed by atoms with Crippen molar-refractivity contribution in [2.45, 2.75) is 6.54 Å². The van der Waals surface area contributed by atoms with E-state index in [0.717, 1.165) is 22.9 Å². The minimum absolute atomic E-state index is 0.0292. The average molecular weight is 299 g/mol. The smallest absolute Gasteiger partial charge is 0.290 e. The van der Waals surface area contributed by atoms with Gasteiger partial charge in [-0.05, 0) is 23.6 Å². The third kappa shape index (κ3) is 2.93. The number of anilines is 1. The molecule has 0 radical (unpaired) electrons. The van der Waals surface area contributed by atoms with Gasteiger partial charge in [0.1, 0.15) is 17.3 Å². The monoisotopic (exact) mass is 299 g/mol. The van der Waals surface area contributed by atoms with Gasteiger partial charge < -0.3 is 5.32 Å². The van der Waals surface area contributed by atoms with Crippen LogP contribution in [0.15, 0.2) is 60.9 Å². The van der Waals surface area contributed by atoms with E-state index in [9.17, 15) is 13.6 Å². The third-order valence-corrected chi connectivity index (χ3v) is 3.30. The molecule has 1 heterocycles. The van der Waals surface area contributed by atoms with Crippen molar-refractivity contribution in [2.75, 3.05) is 5.32 Å². The maximum atomic E-state index is 13.5. The predicted molar refractivity (Wildman–Crippen MR) is 79.1 cm³/mol. The highest BCUT2D eigenvalue weighted by molar-refractivity contribution is 5.90. The largest absolute Gasteiger partial charge is 0.316 e. The van der Waals surface area contributed by atoms with Gasteiger partial charge in [0.2, 0.25) is 6.54 Å². The van der Waals surface area contributed by atoms with Crippen LogP contribution in [0, 0.1) is 11.6 Å². The summed E-state index contributed by atoms with van der Waals surface area (Å²) in [5, 5.41) is 4.30. The lowest BCUT2D eigenvalue weighted by atomic mass is 10.2. The summed E-state index contributed by atoms with van der Waals surface area (Å²) in [6, 6.07) is 13.1. The molecule has 0 saturated carbocycles. The molecule has 1 aromatic heterocycles. The van der Waals surface area contributed by atoms with E-state index < -0.39 is 23.2 Å². The number of amides is 1. The Morgan fingerprint density at radius 1 is 0.955 bits per heavy atom. The number of benzene rings is 2. The van der Waals surface area contributed by atoms with Crippen molar-refractivity contribution < 1.29 is 18.1 Å². The van der Waals surface area contributed by atoms with E-state index in [0.29, 0.717) is 0 Å². The first-order valence-electron chi connectivity index (χ1n) is 6.75. The molecule has 22 heavy (non-hydrogen) atoms. The van der Waals surface area contributed by atoms with E-state index >= 15 is 0 Å². The van der Waals surface area contributed by atoms with E-state index in [1.165, 1.54) is 6.07 Å². The molecule has 110 valence electrons. The van der Waals surface area contributed by atoms with Crippen LogP contribution in [0.1, 0.15) is 0 Å². The van der Waals surface area contributed by atoms with Crippen molar-refractivity contribution in [3.8, 4) is 0 Å². The first-order chi connectivity index (χ1) is 10.6. The van der Waals surface area contributed by atoms with Crippen LogP contribution >= 0.6 is 0 Å². The molecule has 0 fully saturated rings. The fourth-order valence-corrected chi connectivity index (χ4v) is 2.24. The molecule has 0 atom stereocenters. The van der Waals surface area contributed by atoms with Gasteiger partial charge in [0.05, 0.1) is 0 Å². The molecular weight excluding hydrogens is 286 g/mol. The quantitative estimate of drug-likeness (QED) is 0.741. The molecule has 0 spiro atoms. The van der Waals surface area contributed by atoms with Crippen molar-refractivity contribution in [3.63, 3.8) is 0 Å². The van der Waals surface area contributed by atoms with Gasteiger partial charge in [-0.15, -0.1) is 0 Å². The van der Waals surface area contributed by atoms with Crippen LogP contribution < -0.4 is 9.88 Å². The number of para-hydroxylation sites is 1. The van der Waals surface area contributed by atoms with E-state index in [1.54, 1.807) is 10.8 Å². The normalized spacial score (nSPS) is 10.6. The van der Waals surface area contributed by atoms with Gasteiger partial charge in [-0.25, -0.2) is 8.78 Å². The van der Waals surface area contributed by atoms with E-state index in [4.69, 9.17) is 0 Å². The summed E-state index contributed by atoms with van der Waals surface area (Å²) in [5.74, 6) is -2.09. The number of carbonyl (C=O) groups excluding carboxylic acids is 1. The highest BCUT2D eigenvalue weighted by Gasteiger charge is 2.15. The lowest BCUT2D eigenvalue weighted by Gasteiger charge is -2.05. The third-order valence-electron chi connectivity index (χ3n) is 3.30. The van der Waals surface area contributed by atoms with Crippen molar-refractivity contribution in [3.05, 3.63) is 72.6 Å². The number of pyridine rings is 1. The number of hydrogen-bond donors (Lipinski definition) is 1. The van der Waals surface area contributed by atoms with Gasteiger partial charge in [0.25, 0.3) is 5.91 Å². The van der Waals surface area contributed by atoms with Gasteiger partial charge >= 0.3 is 0 Å². The van der Waals surface area contributed by atoms with Gasteiger partial charge in [0.15, 0.2) is 12.4 Å². The Hall–Kier alpha value is -2.82. The van der Waals surface area contributed by atoms with E-state index in [2.05, 4.69) is 5.32 Å². The molecule has 3 nitrogen and oxygen atoms in total. The lowest BCUT2D eigenvalue weighted by molar-refractivity contribution is -0.682. The van der Waals surface area contributed by atoms with Crippen molar-refractivity contribution in [1.82, 2.24) is 0 Å². The zero-order valence-electron chi connectivity index (χ0n) is 11.6. The van der Waals surface area contributed by atoms with Crippen molar-refractivity contribution >= 4 is 22.4 Å². The SMILES string of the molecule is O=C(C[n+]1ccc2ccccc2c1)Nc1c(F)cccc1F. The maximum absolute atomic E-state index is 13.5. The number of nitrogens with one attached hydrogen (secondary N) is 1. The van der Waals surface area contributed by atoms with E-state index in [-0.39, 0.29) is 6.54 Å². The molecule has 0 unspecified atom stereocenters. The molecule has 5 heteroatoms. The second-order valence-corrected chi connectivity index (χ2v) is 4.89. The first kappa shape index (κ1) is 14.1. The molecule has 0 bridgehead atoms. The summed E-state index contributed by atoms with van der Waals surface area (Å²) >= 11 is 0. The topological polar surface area (TPSA) is 33.0 Å². The summed E-state index contributed by atoms with van der Waals surface area (Å²) < 4.78 is 28.7. The number of nitrogens with zero attached hydrogens (tertiary/aromatic N) is 1. The Kier molecular flexibility index (Phi) is 3.78. The Bertz CT molecular complexity index is 829. The van der Waals surface area contributed by atoms with Crippen LogP contribution in [0.4, 0.5) is 14.5 Å². The Labute approximate surface area is 125 Å². The highest BCUT2D eigenvalue weighted by Crippen LogP contribution is 2.17. The number of halogens is 2. The van der Waals surface area contributed by atoms with Crippen LogP contribution in [0.25, 0.3) is 10.8 Å².